The maximum Gasteiger partial charge on any atom is 0.257 e. The maximum absolute atomic E-state index is 12.2. The molecule has 0 atom stereocenters. The summed E-state index contributed by atoms with van der Waals surface area (Å²) < 4.78 is 0.948. The molecule has 0 aliphatic heterocycles. The van der Waals surface area contributed by atoms with Crippen LogP contribution in [0.15, 0.2) is 59.1 Å². The minimum absolute atomic E-state index is 0.141. The fraction of sp³-hybridized carbons (Fsp3) is 0.111. The second-order valence-electron chi connectivity index (χ2n) is 5.15. The van der Waals surface area contributed by atoms with E-state index in [4.69, 9.17) is 0 Å². The summed E-state index contributed by atoms with van der Waals surface area (Å²) in [4.78, 5) is 17.9. The molecule has 0 bridgehead atoms. The summed E-state index contributed by atoms with van der Waals surface area (Å²) in [6.07, 6.45) is 0.832. The molecule has 3 rings (SSSR count). The Labute approximate surface area is 147 Å². The van der Waals surface area contributed by atoms with Crippen molar-refractivity contribution in [2.24, 2.45) is 0 Å². The summed E-state index contributed by atoms with van der Waals surface area (Å²) in [6, 6.07) is 17.5. The van der Waals surface area contributed by atoms with Gasteiger partial charge in [0.2, 0.25) is 0 Å². The van der Waals surface area contributed by atoms with Gasteiger partial charge in [-0.15, -0.1) is 11.3 Å². The van der Waals surface area contributed by atoms with Crippen molar-refractivity contribution in [2.45, 2.75) is 13.3 Å². The van der Waals surface area contributed by atoms with Crippen molar-refractivity contribution in [1.29, 1.82) is 0 Å². The number of nitrogens with zero attached hydrogens (tertiary/aromatic N) is 1. The number of hydrogen-bond acceptors (Lipinski definition) is 3. The van der Waals surface area contributed by atoms with Crippen molar-refractivity contribution in [2.75, 3.05) is 5.32 Å². The Kier molecular flexibility index (Phi) is 4.88. The monoisotopic (exact) mass is 386 g/mol. The first-order chi connectivity index (χ1) is 11.1. The Morgan fingerprint density at radius 2 is 1.83 bits per heavy atom. The molecule has 116 valence electrons. The summed E-state index contributed by atoms with van der Waals surface area (Å²) in [5.74, 6) is -0.141. The molecule has 0 radical (unpaired) electrons. The number of aromatic nitrogens is 1. The van der Waals surface area contributed by atoms with Crippen LogP contribution < -0.4 is 5.32 Å². The number of anilines is 1. The van der Waals surface area contributed by atoms with Gasteiger partial charge in [-0.3, -0.25) is 10.1 Å². The predicted molar refractivity (Wildman–Crippen MR) is 98.2 cm³/mol. The Bertz CT molecular complexity index is 813. The van der Waals surface area contributed by atoms with Gasteiger partial charge in [-0.05, 0) is 36.8 Å². The predicted octanol–water partition coefficient (Wildman–Crippen LogP) is 5.06. The average Bonchev–Trinajstić information content (AvgIpc) is 2.88. The molecule has 3 aromatic rings. The van der Waals surface area contributed by atoms with Crippen LogP contribution >= 0.6 is 27.3 Å². The quantitative estimate of drug-likeness (QED) is 0.680. The van der Waals surface area contributed by atoms with Gasteiger partial charge in [0.15, 0.2) is 5.13 Å². The third-order valence-corrected chi connectivity index (χ3v) is 5.03. The van der Waals surface area contributed by atoms with Crippen LogP contribution in [0.3, 0.4) is 0 Å². The molecule has 1 amide bonds. The molecule has 0 spiro atoms. The van der Waals surface area contributed by atoms with E-state index < -0.39 is 0 Å². The van der Waals surface area contributed by atoms with Crippen LogP contribution in [0.5, 0.6) is 0 Å². The molecule has 5 heteroatoms. The molecule has 1 N–H and O–H groups in total. The number of nitrogens with one attached hydrogen (secondary N) is 1. The molecule has 0 aliphatic rings. The van der Waals surface area contributed by atoms with E-state index >= 15 is 0 Å². The van der Waals surface area contributed by atoms with Crippen molar-refractivity contribution in [3.05, 3.63) is 80.8 Å². The van der Waals surface area contributed by atoms with Crippen molar-refractivity contribution in [3.8, 4) is 0 Å². The Morgan fingerprint density at radius 3 is 2.52 bits per heavy atom. The lowest BCUT2D eigenvalue weighted by Gasteiger charge is -2.01. The van der Waals surface area contributed by atoms with Crippen molar-refractivity contribution >= 4 is 38.3 Å². The normalized spacial score (nSPS) is 10.5. The zero-order valence-electron chi connectivity index (χ0n) is 12.5. The molecule has 0 fully saturated rings. The first-order valence-corrected chi connectivity index (χ1v) is 8.80. The van der Waals surface area contributed by atoms with Gasteiger partial charge in [-0.1, -0.05) is 46.3 Å². The SMILES string of the molecule is Cc1nc(NC(=O)c2ccc(Br)cc2)sc1Cc1ccccc1. The number of benzene rings is 2. The number of carbonyl (C=O) groups excluding carboxylic acids is 1. The van der Waals surface area contributed by atoms with E-state index in [0.29, 0.717) is 10.7 Å². The maximum atomic E-state index is 12.2. The van der Waals surface area contributed by atoms with E-state index in [1.54, 1.807) is 12.1 Å². The van der Waals surface area contributed by atoms with Gasteiger partial charge in [0.05, 0.1) is 5.69 Å². The zero-order valence-corrected chi connectivity index (χ0v) is 14.9. The molecular weight excluding hydrogens is 372 g/mol. The van der Waals surface area contributed by atoms with Crippen LogP contribution in [0.2, 0.25) is 0 Å². The van der Waals surface area contributed by atoms with Crippen LogP contribution in [-0.2, 0) is 6.42 Å². The molecule has 0 saturated heterocycles. The highest BCUT2D eigenvalue weighted by atomic mass is 79.9. The second-order valence-corrected chi connectivity index (χ2v) is 7.15. The van der Waals surface area contributed by atoms with E-state index in [1.807, 2.05) is 37.3 Å². The highest BCUT2D eigenvalue weighted by Gasteiger charge is 2.12. The molecule has 0 saturated carbocycles. The minimum atomic E-state index is -0.141. The Morgan fingerprint density at radius 1 is 1.13 bits per heavy atom. The van der Waals surface area contributed by atoms with Crippen LogP contribution in [0, 0.1) is 6.92 Å². The van der Waals surface area contributed by atoms with Crippen LogP contribution in [0.4, 0.5) is 5.13 Å². The lowest BCUT2D eigenvalue weighted by atomic mass is 10.1. The second kappa shape index (κ2) is 7.06. The minimum Gasteiger partial charge on any atom is -0.298 e. The van der Waals surface area contributed by atoms with Gasteiger partial charge in [0.1, 0.15) is 0 Å². The number of carbonyl (C=O) groups is 1. The molecule has 1 aromatic heterocycles. The molecule has 0 unspecified atom stereocenters. The zero-order chi connectivity index (χ0) is 16.2. The van der Waals surface area contributed by atoms with E-state index in [0.717, 1.165) is 16.6 Å². The largest absolute Gasteiger partial charge is 0.298 e. The molecule has 0 aliphatic carbocycles. The van der Waals surface area contributed by atoms with Crippen LogP contribution in [0.1, 0.15) is 26.5 Å². The summed E-state index contributed by atoms with van der Waals surface area (Å²) >= 11 is 4.89. The van der Waals surface area contributed by atoms with E-state index in [-0.39, 0.29) is 5.91 Å². The van der Waals surface area contributed by atoms with Gasteiger partial charge < -0.3 is 0 Å². The Balaban J connectivity index is 1.73. The summed E-state index contributed by atoms with van der Waals surface area (Å²) in [6.45, 7) is 1.98. The van der Waals surface area contributed by atoms with Crippen molar-refractivity contribution in [3.63, 3.8) is 0 Å². The van der Waals surface area contributed by atoms with Gasteiger partial charge in [0, 0.05) is 21.3 Å². The number of hydrogen-bond donors (Lipinski definition) is 1. The van der Waals surface area contributed by atoms with Crippen LogP contribution in [0.25, 0.3) is 0 Å². The Hall–Kier alpha value is -1.98. The van der Waals surface area contributed by atoms with E-state index in [9.17, 15) is 4.79 Å². The summed E-state index contributed by atoms with van der Waals surface area (Å²) in [5, 5.41) is 3.52. The standard InChI is InChI=1S/C18H15BrN2OS/c1-12-16(11-13-5-3-2-4-6-13)23-18(20-12)21-17(22)14-7-9-15(19)10-8-14/h2-10H,11H2,1H3,(H,20,21,22). The highest BCUT2D eigenvalue weighted by Crippen LogP contribution is 2.25. The molecule has 23 heavy (non-hydrogen) atoms. The lowest BCUT2D eigenvalue weighted by molar-refractivity contribution is 0.102. The van der Waals surface area contributed by atoms with Gasteiger partial charge >= 0.3 is 0 Å². The summed E-state index contributed by atoms with van der Waals surface area (Å²) in [7, 11) is 0. The number of rotatable bonds is 4. The van der Waals surface area contributed by atoms with Gasteiger partial charge in [0.25, 0.3) is 5.91 Å². The highest BCUT2D eigenvalue weighted by molar-refractivity contribution is 9.10. The third-order valence-electron chi connectivity index (χ3n) is 3.43. The van der Waals surface area contributed by atoms with Gasteiger partial charge in [-0.25, -0.2) is 4.98 Å². The average molecular weight is 387 g/mol. The van der Waals surface area contributed by atoms with Crippen molar-refractivity contribution in [1.82, 2.24) is 4.98 Å². The number of thiazole rings is 1. The fourth-order valence-corrected chi connectivity index (χ4v) is 3.45. The van der Waals surface area contributed by atoms with Gasteiger partial charge in [-0.2, -0.15) is 0 Å². The number of aryl methyl sites for hydroxylation is 1. The summed E-state index contributed by atoms with van der Waals surface area (Å²) in [5.41, 5.74) is 2.82. The first kappa shape index (κ1) is 15.9. The molecule has 2 aromatic carbocycles. The fourth-order valence-electron chi connectivity index (χ4n) is 2.20. The van der Waals surface area contributed by atoms with E-state index in [1.165, 1.54) is 21.8 Å². The van der Waals surface area contributed by atoms with Crippen molar-refractivity contribution < 1.29 is 4.79 Å². The molecule has 1 heterocycles. The third kappa shape index (κ3) is 4.06. The lowest BCUT2D eigenvalue weighted by Crippen LogP contribution is -2.11. The number of amides is 1. The first-order valence-electron chi connectivity index (χ1n) is 7.19. The molecular formula is C18H15BrN2OS. The number of halogens is 1. The van der Waals surface area contributed by atoms with Crippen LogP contribution in [-0.4, -0.2) is 10.9 Å². The van der Waals surface area contributed by atoms with E-state index in [2.05, 4.69) is 38.4 Å². The topological polar surface area (TPSA) is 42.0 Å². The molecule has 3 nitrogen and oxygen atoms in total. The smallest absolute Gasteiger partial charge is 0.257 e.